The number of amidine groups is 1. The molecule has 2 N–H and O–H groups in total. The van der Waals surface area contributed by atoms with Crippen molar-refractivity contribution in [1.29, 1.82) is 0 Å². The molecular formula is C17H20N4O. The highest BCUT2D eigenvalue weighted by molar-refractivity contribution is 6.17. The van der Waals surface area contributed by atoms with Gasteiger partial charge in [-0.15, -0.1) is 0 Å². The number of nitrogens with zero attached hydrogens (tertiary/aromatic N) is 2. The molecular weight excluding hydrogens is 276 g/mol. The molecule has 1 aliphatic rings. The summed E-state index contributed by atoms with van der Waals surface area (Å²) in [6, 6.07) is 12.1. The maximum atomic E-state index is 12.0. The quantitative estimate of drug-likeness (QED) is 0.890. The van der Waals surface area contributed by atoms with Gasteiger partial charge in [0.2, 0.25) is 5.91 Å². The molecule has 114 valence electrons. The van der Waals surface area contributed by atoms with Crippen LogP contribution in [0.2, 0.25) is 0 Å². The van der Waals surface area contributed by atoms with Gasteiger partial charge in [0.1, 0.15) is 5.84 Å². The van der Waals surface area contributed by atoms with Gasteiger partial charge in [-0.1, -0.05) is 24.3 Å². The number of benzene rings is 2. The van der Waals surface area contributed by atoms with Crippen LogP contribution < -0.4 is 10.6 Å². The van der Waals surface area contributed by atoms with Crippen molar-refractivity contribution in [2.75, 3.05) is 32.5 Å². The van der Waals surface area contributed by atoms with Gasteiger partial charge in [-0.3, -0.25) is 4.79 Å². The largest absolute Gasteiger partial charge is 0.354 e. The Balaban J connectivity index is 1.73. The number of amides is 1. The van der Waals surface area contributed by atoms with Gasteiger partial charge in [0.15, 0.2) is 0 Å². The molecule has 3 rings (SSSR count). The number of aliphatic imine (C=N–C) groups is 1. The maximum Gasteiger partial charge on any atom is 0.227 e. The summed E-state index contributed by atoms with van der Waals surface area (Å²) >= 11 is 0. The third-order valence-corrected chi connectivity index (χ3v) is 3.63. The van der Waals surface area contributed by atoms with Crippen LogP contribution in [0.3, 0.4) is 0 Å². The normalized spacial score (nSPS) is 13.0. The number of anilines is 1. The van der Waals surface area contributed by atoms with E-state index in [4.69, 9.17) is 0 Å². The van der Waals surface area contributed by atoms with Crippen molar-refractivity contribution < 1.29 is 4.79 Å². The Morgan fingerprint density at radius 2 is 2.00 bits per heavy atom. The van der Waals surface area contributed by atoms with Gasteiger partial charge in [0, 0.05) is 24.2 Å². The summed E-state index contributed by atoms with van der Waals surface area (Å²) in [4.78, 5) is 18.6. The van der Waals surface area contributed by atoms with Crippen LogP contribution in [0, 0.1) is 0 Å². The van der Waals surface area contributed by atoms with Crippen LogP contribution in [0.15, 0.2) is 41.4 Å². The first-order chi connectivity index (χ1) is 10.6. The average Bonchev–Trinajstić information content (AvgIpc) is 2.47. The molecule has 0 aliphatic carbocycles. The molecule has 5 nitrogen and oxygen atoms in total. The highest BCUT2D eigenvalue weighted by Gasteiger charge is 2.16. The summed E-state index contributed by atoms with van der Waals surface area (Å²) in [5.74, 6) is 0.674. The number of carbonyl (C=O) groups excluding carboxylic acids is 1. The average molecular weight is 296 g/mol. The number of rotatable bonds is 5. The minimum Gasteiger partial charge on any atom is -0.354 e. The van der Waals surface area contributed by atoms with Crippen molar-refractivity contribution in [2.24, 2.45) is 4.99 Å². The lowest BCUT2D eigenvalue weighted by atomic mass is 10.1. The third kappa shape index (κ3) is 3.09. The minimum absolute atomic E-state index is 0.0142. The van der Waals surface area contributed by atoms with Gasteiger partial charge in [0.25, 0.3) is 0 Å². The summed E-state index contributed by atoms with van der Waals surface area (Å²) in [6.45, 7) is 1.47. The molecule has 0 atom stereocenters. The first-order valence-corrected chi connectivity index (χ1v) is 7.41. The van der Waals surface area contributed by atoms with Gasteiger partial charge >= 0.3 is 0 Å². The third-order valence-electron chi connectivity index (χ3n) is 3.63. The van der Waals surface area contributed by atoms with Crippen molar-refractivity contribution in [3.05, 3.63) is 36.4 Å². The molecule has 0 unspecified atom stereocenters. The predicted octanol–water partition coefficient (Wildman–Crippen LogP) is 2.36. The monoisotopic (exact) mass is 296 g/mol. The van der Waals surface area contributed by atoms with Gasteiger partial charge < -0.3 is 15.5 Å². The Kier molecular flexibility index (Phi) is 4.06. The molecule has 0 saturated heterocycles. The van der Waals surface area contributed by atoms with E-state index in [1.807, 2.05) is 43.3 Å². The Morgan fingerprint density at radius 3 is 2.77 bits per heavy atom. The van der Waals surface area contributed by atoms with Crippen molar-refractivity contribution >= 4 is 33.9 Å². The van der Waals surface area contributed by atoms with E-state index in [2.05, 4.69) is 27.8 Å². The van der Waals surface area contributed by atoms with Crippen LogP contribution in [0.5, 0.6) is 0 Å². The molecule has 5 heteroatoms. The topological polar surface area (TPSA) is 56.7 Å². The molecule has 0 spiro atoms. The van der Waals surface area contributed by atoms with E-state index in [0.717, 1.165) is 28.7 Å². The lowest BCUT2D eigenvalue weighted by Crippen LogP contribution is -2.33. The molecule has 2 aromatic rings. The fraction of sp³-hybridized carbons (Fsp3) is 0.294. The first-order valence-electron chi connectivity index (χ1n) is 7.41. The van der Waals surface area contributed by atoms with Crippen LogP contribution >= 0.6 is 0 Å². The maximum absolute atomic E-state index is 12.0. The van der Waals surface area contributed by atoms with Gasteiger partial charge in [-0.05, 0) is 31.6 Å². The van der Waals surface area contributed by atoms with E-state index >= 15 is 0 Å². The Morgan fingerprint density at radius 1 is 1.23 bits per heavy atom. The van der Waals surface area contributed by atoms with Gasteiger partial charge in [-0.25, -0.2) is 4.99 Å². The molecule has 1 heterocycles. The van der Waals surface area contributed by atoms with Crippen molar-refractivity contribution in [3.8, 4) is 0 Å². The number of hydrogen-bond donors (Lipinski definition) is 2. The lowest BCUT2D eigenvalue weighted by molar-refractivity contribution is -0.119. The van der Waals surface area contributed by atoms with E-state index < -0.39 is 0 Å². The fourth-order valence-corrected chi connectivity index (χ4v) is 2.56. The molecule has 1 amide bonds. The standard InChI is InChI=1S/C17H20N4O/c1-21(2)10-9-18-16(22)11-15-19-13-7-3-5-12-6-4-8-14(20-15)17(12)13/h3-8H,9-11H2,1-2H3,(H,18,22)(H,19,20). The molecule has 1 aliphatic heterocycles. The SMILES string of the molecule is CN(C)CCNC(=O)CC1=Nc2cccc3cccc(c23)N1. The smallest absolute Gasteiger partial charge is 0.227 e. The zero-order chi connectivity index (χ0) is 15.5. The van der Waals surface area contributed by atoms with E-state index in [9.17, 15) is 4.79 Å². The number of nitrogens with one attached hydrogen (secondary N) is 2. The van der Waals surface area contributed by atoms with Crippen LogP contribution in [0.4, 0.5) is 11.4 Å². The van der Waals surface area contributed by atoms with E-state index in [0.29, 0.717) is 12.4 Å². The second-order valence-corrected chi connectivity index (χ2v) is 5.69. The molecule has 2 aromatic carbocycles. The molecule has 0 radical (unpaired) electrons. The highest BCUT2D eigenvalue weighted by Crippen LogP contribution is 2.35. The van der Waals surface area contributed by atoms with E-state index in [1.165, 1.54) is 0 Å². The highest BCUT2D eigenvalue weighted by atomic mass is 16.1. The predicted molar refractivity (Wildman–Crippen MR) is 90.8 cm³/mol. The second kappa shape index (κ2) is 6.15. The summed E-state index contributed by atoms with van der Waals surface area (Å²) in [5.41, 5.74) is 1.93. The minimum atomic E-state index is -0.0142. The zero-order valence-electron chi connectivity index (χ0n) is 12.9. The Bertz CT molecular complexity index is 731. The van der Waals surface area contributed by atoms with Crippen molar-refractivity contribution in [2.45, 2.75) is 6.42 Å². The van der Waals surface area contributed by atoms with Crippen LogP contribution in [0.25, 0.3) is 10.8 Å². The van der Waals surface area contributed by atoms with Crippen molar-refractivity contribution in [1.82, 2.24) is 10.2 Å². The fourth-order valence-electron chi connectivity index (χ4n) is 2.56. The molecule has 22 heavy (non-hydrogen) atoms. The summed E-state index contributed by atoms with van der Waals surface area (Å²) in [7, 11) is 3.97. The van der Waals surface area contributed by atoms with Crippen LogP contribution in [0.1, 0.15) is 6.42 Å². The summed E-state index contributed by atoms with van der Waals surface area (Å²) in [5, 5.41) is 8.44. The van der Waals surface area contributed by atoms with Gasteiger partial charge in [-0.2, -0.15) is 0 Å². The van der Waals surface area contributed by atoms with Gasteiger partial charge in [0.05, 0.1) is 12.1 Å². The number of carbonyl (C=O) groups is 1. The Labute approximate surface area is 130 Å². The van der Waals surface area contributed by atoms with Crippen LogP contribution in [-0.2, 0) is 4.79 Å². The lowest BCUT2D eigenvalue weighted by Gasteiger charge is -2.19. The second-order valence-electron chi connectivity index (χ2n) is 5.69. The van der Waals surface area contributed by atoms with Crippen molar-refractivity contribution in [3.63, 3.8) is 0 Å². The molecule has 0 fully saturated rings. The summed E-state index contributed by atoms with van der Waals surface area (Å²) < 4.78 is 0. The zero-order valence-corrected chi connectivity index (χ0v) is 12.9. The van der Waals surface area contributed by atoms with Crippen LogP contribution in [-0.4, -0.2) is 43.8 Å². The summed E-state index contributed by atoms with van der Waals surface area (Å²) in [6.07, 6.45) is 0.262. The number of hydrogen-bond acceptors (Lipinski definition) is 4. The Hall–Kier alpha value is -2.40. The first kappa shape index (κ1) is 14.5. The molecule has 0 bridgehead atoms. The number of likely N-dealkylation sites (N-methyl/N-ethyl adjacent to an activating group) is 1. The van der Waals surface area contributed by atoms with E-state index in [1.54, 1.807) is 0 Å². The molecule has 0 aromatic heterocycles. The molecule has 0 saturated carbocycles. The van der Waals surface area contributed by atoms with E-state index in [-0.39, 0.29) is 12.3 Å².